The first-order valence-corrected chi connectivity index (χ1v) is 7.98. The number of piperazine rings is 1. The van der Waals surface area contributed by atoms with Crippen LogP contribution in [0.4, 0.5) is 0 Å². The number of hydrogen-bond donors (Lipinski definition) is 2. The van der Waals surface area contributed by atoms with Crippen molar-refractivity contribution >= 4 is 5.97 Å². The van der Waals surface area contributed by atoms with Crippen molar-refractivity contribution in [2.24, 2.45) is 0 Å². The number of nitrogens with zero attached hydrogens (tertiary/aromatic N) is 1. The smallest absolute Gasteiger partial charge is 0.325 e. The van der Waals surface area contributed by atoms with Crippen LogP contribution in [0.2, 0.25) is 0 Å². The zero-order valence-corrected chi connectivity index (χ0v) is 14.2. The fourth-order valence-corrected chi connectivity index (χ4v) is 2.93. The quantitative estimate of drug-likeness (QED) is 0.833. The van der Waals surface area contributed by atoms with Crippen LogP contribution in [0.15, 0.2) is 18.2 Å². The van der Waals surface area contributed by atoms with Gasteiger partial charge in [-0.15, -0.1) is 0 Å². The molecule has 6 heteroatoms. The molecule has 0 radical (unpaired) electrons. The number of carbonyl (C=O) groups is 1. The summed E-state index contributed by atoms with van der Waals surface area (Å²) in [4.78, 5) is 13.9. The molecule has 2 unspecified atom stereocenters. The molecule has 0 spiro atoms. The molecule has 0 amide bonds. The third-order valence-corrected chi connectivity index (χ3v) is 3.98. The van der Waals surface area contributed by atoms with Gasteiger partial charge in [-0.2, -0.15) is 0 Å². The Morgan fingerprint density at radius 1 is 1.39 bits per heavy atom. The Kier molecular flexibility index (Phi) is 5.85. The lowest BCUT2D eigenvalue weighted by Gasteiger charge is -2.38. The summed E-state index contributed by atoms with van der Waals surface area (Å²) in [5.41, 5.74) is 0.711. The summed E-state index contributed by atoms with van der Waals surface area (Å²) in [6, 6.07) is 4.83. The molecule has 1 aliphatic heterocycles. The van der Waals surface area contributed by atoms with Gasteiger partial charge in [0.2, 0.25) is 0 Å². The third-order valence-electron chi connectivity index (χ3n) is 3.98. The van der Waals surface area contributed by atoms with Gasteiger partial charge in [0.05, 0.1) is 13.2 Å². The monoisotopic (exact) mass is 322 g/mol. The summed E-state index contributed by atoms with van der Waals surface area (Å²) in [7, 11) is 1.58. The van der Waals surface area contributed by atoms with Gasteiger partial charge >= 0.3 is 5.97 Å². The molecule has 0 saturated carbocycles. The molecule has 1 fully saturated rings. The fourth-order valence-electron chi connectivity index (χ4n) is 2.93. The van der Waals surface area contributed by atoms with E-state index in [1.807, 2.05) is 25.7 Å². The SMILES string of the molecule is COc1ccc(C(C(=O)O)N2CCNCC2C)cc1OC(C)C. The zero-order chi connectivity index (χ0) is 17.0. The lowest BCUT2D eigenvalue weighted by atomic mass is 10.0. The molecule has 1 aromatic rings. The van der Waals surface area contributed by atoms with E-state index in [1.54, 1.807) is 25.3 Å². The van der Waals surface area contributed by atoms with Crippen LogP contribution in [0.1, 0.15) is 32.4 Å². The second kappa shape index (κ2) is 7.66. The maximum absolute atomic E-state index is 11.9. The molecule has 6 nitrogen and oxygen atoms in total. The van der Waals surface area contributed by atoms with Crippen LogP contribution >= 0.6 is 0 Å². The van der Waals surface area contributed by atoms with Gasteiger partial charge in [0, 0.05) is 25.7 Å². The van der Waals surface area contributed by atoms with Gasteiger partial charge in [-0.1, -0.05) is 6.07 Å². The van der Waals surface area contributed by atoms with Gasteiger partial charge in [0.15, 0.2) is 11.5 Å². The first kappa shape index (κ1) is 17.6. The second-order valence-electron chi connectivity index (χ2n) is 6.11. The number of aliphatic carboxylic acids is 1. The Labute approximate surface area is 137 Å². The number of carboxylic acid groups (broad SMARTS) is 1. The van der Waals surface area contributed by atoms with Gasteiger partial charge in [0.25, 0.3) is 0 Å². The number of nitrogens with one attached hydrogen (secondary N) is 1. The van der Waals surface area contributed by atoms with E-state index in [9.17, 15) is 9.90 Å². The van der Waals surface area contributed by atoms with E-state index in [2.05, 4.69) is 5.32 Å². The highest BCUT2D eigenvalue weighted by Crippen LogP contribution is 2.34. The fraction of sp³-hybridized carbons (Fsp3) is 0.588. The number of methoxy groups -OCH3 is 1. The summed E-state index contributed by atoms with van der Waals surface area (Å²) in [6.45, 7) is 8.18. The predicted octanol–water partition coefficient (Wildman–Crippen LogP) is 1.90. The zero-order valence-electron chi connectivity index (χ0n) is 14.2. The Hall–Kier alpha value is -1.79. The van der Waals surface area contributed by atoms with E-state index in [4.69, 9.17) is 9.47 Å². The number of hydrogen-bond acceptors (Lipinski definition) is 5. The standard InChI is InChI=1S/C17H26N2O4/c1-11(2)23-15-9-13(5-6-14(15)22-4)16(17(20)21)19-8-7-18-10-12(19)3/h5-6,9,11-12,16,18H,7-8,10H2,1-4H3,(H,20,21). The van der Waals surface area contributed by atoms with E-state index in [1.165, 1.54) is 0 Å². The number of rotatable bonds is 6. The Morgan fingerprint density at radius 2 is 2.13 bits per heavy atom. The number of benzene rings is 1. The average Bonchev–Trinajstić information content (AvgIpc) is 2.49. The average molecular weight is 322 g/mol. The molecule has 0 aromatic heterocycles. The molecular weight excluding hydrogens is 296 g/mol. The molecule has 2 atom stereocenters. The largest absolute Gasteiger partial charge is 0.493 e. The molecule has 0 bridgehead atoms. The molecule has 1 aromatic carbocycles. The lowest BCUT2D eigenvalue weighted by Crippen LogP contribution is -2.52. The summed E-state index contributed by atoms with van der Waals surface area (Å²) >= 11 is 0. The minimum atomic E-state index is -0.848. The maximum Gasteiger partial charge on any atom is 0.325 e. The predicted molar refractivity (Wildman–Crippen MR) is 88.2 cm³/mol. The van der Waals surface area contributed by atoms with Gasteiger partial charge in [-0.05, 0) is 38.5 Å². The maximum atomic E-state index is 11.9. The molecule has 2 rings (SSSR count). The van der Waals surface area contributed by atoms with Crippen molar-refractivity contribution in [2.45, 2.75) is 39.0 Å². The minimum absolute atomic E-state index is 0.0134. The van der Waals surface area contributed by atoms with Crippen LogP contribution in [0.5, 0.6) is 11.5 Å². The van der Waals surface area contributed by atoms with Crippen molar-refractivity contribution in [3.8, 4) is 11.5 Å². The summed E-state index contributed by atoms with van der Waals surface area (Å²) < 4.78 is 11.1. The van der Waals surface area contributed by atoms with Crippen molar-refractivity contribution in [3.63, 3.8) is 0 Å². The summed E-state index contributed by atoms with van der Waals surface area (Å²) in [6.07, 6.45) is -0.0134. The van der Waals surface area contributed by atoms with Gasteiger partial charge in [-0.3, -0.25) is 9.69 Å². The molecule has 1 aliphatic rings. The highest BCUT2D eigenvalue weighted by Gasteiger charge is 2.33. The Balaban J connectivity index is 2.37. The van der Waals surface area contributed by atoms with E-state index in [0.717, 1.165) is 13.1 Å². The molecule has 1 heterocycles. The minimum Gasteiger partial charge on any atom is -0.493 e. The van der Waals surface area contributed by atoms with Crippen LogP contribution in [-0.4, -0.2) is 54.9 Å². The van der Waals surface area contributed by atoms with Crippen molar-refractivity contribution < 1.29 is 19.4 Å². The van der Waals surface area contributed by atoms with Crippen LogP contribution in [0.25, 0.3) is 0 Å². The highest BCUT2D eigenvalue weighted by molar-refractivity contribution is 5.76. The second-order valence-corrected chi connectivity index (χ2v) is 6.11. The first-order chi connectivity index (χ1) is 10.9. The lowest BCUT2D eigenvalue weighted by molar-refractivity contribution is -0.145. The summed E-state index contributed by atoms with van der Waals surface area (Å²) in [5.74, 6) is 0.341. The van der Waals surface area contributed by atoms with Crippen LogP contribution < -0.4 is 14.8 Å². The van der Waals surface area contributed by atoms with Crippen LogP contribution in [-0.2, 0) is 4.79 Å². The van der Waals surface area contributed by atoms with Crippen molar-refractivity contribution in [1.29, 1.82) is 0 Å². The van der Waals surface area contributed by atoms with Crippen LogP contribution in [0, 0.1) is 0 Å². The Morgan fingerprint density at radius 3 is 2.70 bits per heavy atom. The highest BCUT2D eigenvalue weighted by atomic mass is 16.5. The molecule has 2 N–H and O–H groups in total. The summed E-state index contributed by atoms with van der Waals surface area (Å²) in [5, 5.41) is 13.0. The molecule has 23 heavy (non-hydrogen) atoms. The molecule has 1 saturated heterocycles. The van der Waals surface area contributed by atoms with E-state index in [0.29, 0.717) is 23.6 Å². The van der Waals surface area contributed by atoms with Crippen LogP contribution in [0.3, 0.4) is 0 Å². The molecule has 0 aliphatic carbocycles. The normalized spacial score (nSPS) is 20.3. The topological polar surface area (TPSA) is 71.0 Å². The van der Waals surface area contributed by atoms with Gasteiger partial charge in [0.1, 0.15) is 6.04 Å². The van der Waals surface area contributed by atoms with E-state index >= 15 is 0 Å². The van der Waals surface area contributed by atoms with Gasteiger partial charge in [-0.25, -0.2) is 0 Å². The molecule has 128 valence electrons. The Bertz CT molecular complexity index is 547. The van der Waals surface area contributed by atoms with Crippen molar-refractivity contribution in [1.82, 2.24) is 10.2 Å². The molecular formula is C17H26N2O4. The van der Waals surface area contributed by atoms with E-state index < -0.39 is 12.0 Å². The van der Waals surface area contributed by atoms with Crippen molar-refractivity contribution in [2.75, 3.05) is 26.7 Å². The number of ether oxygens (including phenoxy) is 2. The van der Waals surface area contributed by atoms with Crippen molar-refractivity contribution in [3.05, 3.63) is 23.8 Å². The van der Waals surface area contributed by atoms with Gasteiger partial charge < -0.3 is 19.9 Å². The van der Waals surface area contributed by atoms with E-state index in [-0.39, 0.29) is 12.1 Å². The number of carboxylic acids is 1. The first-order valence-electron chi connectivity index (χ1n) is 7.98. The third kappa shape index (κ3) is 4.14.